The van der Waals surface area contributed by atoms with Gasteiger partial charge in [0, 0.05) is 5.57 Å². The highest BCUT2D eigenvalue weighted by Crippen LogP contribution is 2.13. The van der Waals surface area contributed by atoms with Crippen molar-refractivity contribution in [3.63, 3.8) is 0 Å². The summed E-state index contributed by atoms with van der Waals surface area (Å²) in [5.41, 5.74) is 7.66. The van der Waals surface area contributed by atoms with Crippen LogP contribution in [0.25, 0.3) is 6.08 Å². The summed E-state index contributed by atoms with van der Waals surface area (Å²) < 4.78 is 0. The van der Waals surface area contributed by atoms with E-state index in [1.807, 2.05) is 56.3 Å². The summed E-state index contributed by atoms with van der Waals surface area (Å²) >= 11 is 0. The van der Waals surface area contributed by atoms with Crippen LogP contribution >= 0.6 is 0 Å². The molecule has 0 aromatic heterocycles. The van der Waals surface area contributed by atoms with Crippen molar-refractivity contribution in [2.24, 2.45) is 11.7 Å². The van der Waals surface area contributed by atoms with Gasteiger partial charge in [-0.05, 0) is 11.5 Å². The molecule has 0 aliphatic rings. The normalized spacial score (nSPS) is 15.1. The Kier molecular flexibility index (Phi) is 6.68. The first-order valence-corrected chi connectivity index (χ1v) is 6.95. The highest BCUT2D eigenvalue weighted by molar-refractivity contribution is 6.02. The fourth-order valence-corrected chi connectivity index (χ4v) is 1.80. The van der Waals surface area contributed by atoms with Crippen LogP contribution in [0.2, 0.25) is 0 Å². The SMILES string of the molecule is C=CC=C(C=Cc1ccccc1)C(=O)[C@@H](N)[C@@H](C)CC. The van der Waals surface area contributed by atoms with Gasteiger partial charge in [-0.1, -0.05) is 81.5 Å². The molecule has 106 valence electrons. The predicted octanol–water partition coefficient (Wildman–Crippen LogP) is 3.75. The molecule has 1 aromatic carbocycles. The van der Waals surface area contributed by atoms with Gasteiger partial charge in [-0.25, -0.2) is 0 Å². The third kappa shape index (κ3) is 4.63. The van der Waals surface area contributed by atoms with Crippen molar-refractivity contribution in [1.29, 1.82) is 0 Å². The number of benzene rings is 1. The van der Waals surface area contributed by atoms with E-state index >= 15 is 0 Å². The minimum atomic E-state index is -0.466. The molecular formula is C18H23NO. The van der Waals surface area contributed by atoms with E-state index in [0.717, 1.165) is 12.0 Å². The summed E-state index contributed by atoms with van der Waals surface area (Å²) in [5, 5.41) is 0. The second-order valence-electron chi connectivity index (χ2n) is 4.88. The molecule has 0 aliphatic heterocycles. The van der Waals surface area contributed by atoms with E-state index in [-0.39, 0.29) is 11.7 Å². The van der Waals surface area contributed by atoms with E-state index in [2.05, 4.69) is 6.58 Å². The first-order chi connectivity index (χ1) is 9.60. The molecule has 2 nitrogen and oxygen atoms in total. The van der Waals surface area contributed by atoms with E-state index in [4.69, 9.17) is 5.73 Å². The topological polar surface area (TPSA) is 43.1 Å². The molecule has 0 saturated heterocycles. The summed E-state index contributed by atoms with van der Waals surface area (Å²) in [5.74, 6) is 0.132. The highest BCUT2D eigenvalue weighted by Gasteiger charge is 2.21. The van der Waals surface area contributed by atoms with Crippen LogP contribution in [0.4, 0.5) is 0 Å². The lowest BCUT2D eigenvalue weighted by Crippen LogP contribution is -2.37. The predicted molar refractivity (Wildman–Crippen MR) is 86.2 cm³/mol. The quantitative estimate of drug-likeness (QED) is 0.605. The van der Waals surface area contributed by atoms with Crippen molar-refractivity contribution in [1.82, 2.24) is 0 Å². The Morgan fingerprint density at radius 2 is 2.00 bits per heavy atom. The third-order valence-corrected chi connectivity index (χ3v) is 3.40. The van der Waals surface area contributed by atoms with Crippen LogP contribution in [-0.4, -0.2) is 11.8 Å². The van der Waals surface area contributed by atoms with E-state index in [9.17, 15) is 4.79 Å². The fraction of sp³-hybridized carbons (Fsp3) is 0.278. The average molecular weight is 269 g/mol. The van der Waals surface area contributed by atoms with Crippen molar-refractivity contribution < 1.29 is 4.79 Å². The van der Waals surface area contributed by atoms with Gasteiger partial charge in [0.15, 0.2) is 5.78 Å². The lowest BCUT2D eigenvalue weighted by Gasteiger charge is -2.17. The van der Waals surface area contributed by atoms with Crippen LogP contribution in [-0.2, 0) is 4.79 Å². The van der Waals surface area contributed by atoms with Crippen LogP contribution in [0, 0.1) is 5.92 Å². The van der Waals surface area contributed by atoms with E-state index in [1.165, 1.54) is 0 Å². The molecule has 0 saturated carbocycles. The average Bonchev–Trinajstić information content (AvgIpc) is 2.50. The monoisotopic (exact) mass is 269 g/mol. The third-order valence-electron chi connectivity index (χ3n) is 3.40. The molecular weight excluding hydrogens is 246 g/mol. The second kappa shape index (κ2) is 8.28. The zero-order valence-corrected chi connectivity index (χ0v) is 12.3. The molecule has 0 unspecified atom stereocenters. The van der Waals surface area contributed by atoms with Gasteiger partial charge in [-0.2, -0.15) is 0 Å². The number of rotatable bonds is 7. The van der Waals surface area contributed by atoms with E-state index in [0.29, 0.717) is 5.57 Å². The van der Waals surface area contributed by atoms with Crippen LogP contribution < -0.4 is 5.73 Å². The zero-order chi connectivity index (χ0) is 15.0. The molecule has 20 heavy (non-hydrogen) atoms. The van der Waals surface area contributed by atoms with Crippen LogP contribution in [0.3, 0.4) is 0 Å². The molecule has 0 fully saturated rings. The molecule has 0 heterocycles. The van der Waals surface area contributed by atoms with Gasteiger partial charge < -0.3 is 5.73 Å². The smallest absolute Gasteiger partial charge is 0.179 e. The Morgan fingerprint density at radius 1 is 1.35 bits per heavy atom. The van der Waals surface area contributed by atoms with Crippen molar-refractivity contribution in [2.45, 2.75) is 26.3 Å². The number of carbonyl (C=O) groups excluding carboxylic acids is 1. The van der Waals surface area contributed by atoms with Crippen molar-refractivity contribution in [3.8, 4) is 0 Å². The lowest BCUT2D eigenvalue weighted by atomic mass is 9.92. The maximum absolute atomic E-state index is 12.4. The van der Waals surface area contributed by atoms with Crippen LogP contribution in [0.5, 0.6) is 0 Å². The lowest BCUT2D eigenvalue weighted by molar-refractivity contribution is -0.117. The van der Waals surface area contributed by atoms with E-state index < -0.39 is 6.04 Å². The summed E-state index contributed by atoms with van der Waals surface area (Å²) in [6, 6.07) is 9.39. The van der Waals surface area contributed by atoms with Gasteiger partial charge in [0.2, 0.25) is 0 Å². The Hall–Kier alpha value is -1.93. The molecule has 2 N–H and O–H groups in total. The second-order valence-corrected chi connectivity index (χ2v) is 4.88. The number of hydrogen-bond acceptors (Lipinski definition) is 2. The maximum atomic E-state index is 12.4. The van der Waals surface area contributed by atoms with Gasteiger partial charge in [-0.3, -0.25) is 4.79 Å². The number of Topliss-reactive ketones (excluding diaryl/α,β-unsaturated/α-hetero) is 1. The summed E-state index contributed by atoms with van der Waals surface area (Å²) in [6.45, 7) is 7.69. The number of nitrogens with two attached hydrogens (primary N) is 1. The Morgan fingerprint density at radius 3 is 2.55 bits per heavy atom. The van der Waals surface area contributed by atoms with Crippen molar-refractivity contribution >= 4 is 11.9 Å². The minimum absolute atomic E-state index is 0.0357. The summed E-state index contributed by atoms with van der Waals surface area (Å²) in [4.78, 5) is 12.4. The molecule has 0 aliphatic carbocycles. The molecule has 1 rings (SSSR count). The molecule has 0 amide bonds. The van der Waals surface area contributed by atoms with Crippen LogP contribution in [0.1, 0.15) is 25.8 Å². The molecule has 0 bridgehead atoms. The Bertz CT molecular complexity index is 499. The largest absolute Gasteiger partial charge is 0.321 e. The number of ketones is 1. The number of allylic oxidation sites excluding steroid dienone is 3. The van der Waals surface area contributed by atoms with Crippen LogP contribution in [0.15, 0.2) is 60.7 Å². The minimum Gasteiger partial charge on any atom is -0.321 e. The van der Waals surface area contributed by atoms with Gasteiger partial charge >= 0.3 is 0 Å². The first kappa shape index (κ1) is 16.1. The Balaban J connectivity index is 2.90. The van der Waals surface area contributed by atoms with Gasteiger partial charge in [0.25, 0.3) is 0 Å². The summed E-state index contributed by atoms with van der Waals surface area (Å²) in [7, 11) is 0. The first-order valence-electron chi connectivity index (χ1n) is 6.95. The fourth-order valence-electron chi connectivity index (χ4n) is 1.80. The van der Waals surface area contributed by atoms with Gasteiger partial charge in [0.05, 0.1) is 6.04 Å². The zero-order valence-electron chi connectivity index (χ0n) is 12.3. The molecule has 2 heteroatoms. The standard InChI is InChI=1S/C18H23NO/c1-4-9-16(18(20)17(19)14(3)5-2)13-12-15-10-7-6-8-11-15/h4,6-14,17H,1,5,19H2,2-3H3/t14-,17-/m0/s1. The molecule has 0 spiro atoms. The Labute approximate surface area is 121 Å². The van der Waals surface area contributed by atoms with Gasteiger partial charge in [-0.15, -0.1) is 0 Å². The van der Waals surface area contributed by atoms with E-state index in [1.54, 1.807) is 12.2 Å². The summed E-state index contributed by atoms with van der Waals surface area (Å²) in [6.07, 6.45) is 7.94. The van der Waals surface area contributed by atoms with Crippen molar-refractivity contribution in [2.75, 3.05) is 0 Å². The highest BCUT2D eigenvalue weighted by atomic mass is 16.1. The maximum Gasteiger partial charge on any atom is 0.179 e. The molecule has 2 atom stereocenters. The number of hydrogen-bond donors (Lipinski definition) is 1. The molecule has 0 radical (unpaired) electrons. The van der Waals surface area contributed by atoms with Gasteiger partial charge in [0.1, 0.15) is 0 Å². The van der Waals surface area contributed by atoms with Crippen molar-refractivity contribution in [3.05, 3.63) is 66.3 Å². The molecule has 1 aromatic rings. The number of carbonyl (C=O) groups is 1.